The minimum atomic E-state index is -4.15. The number of carbonyl (C=O) groups excluding carboxylic acids is 1. The highest BCUT2D eigenvalue weighted by Gasteiger charge is 2.44. The van der Waals surface area contributed by atoms with E-state index in [2.05, 4.69) is 5.10 Å². The smallest absolute Gasteiger partial charge is 0.465 e. The number of aliphatic hydroxyl groups excluding tert-OH is 1. The van der Waals surface area contributed by atoms with Crippen LogP contribution in [0.4, 0.5) is 9.59 Å². The summed E-state index contributed by atoms with van der Waals surface area (Å²) < 4.78 is 35.7. The number of benzene rings is 2. The Hall–Kier alpha value is -3.54. The molecule has 1 fully saturated rings. The van der Waals surface area contributed by atoms with Gasteiger partial charge in [-0.1, -0.05) is 66.7 Å². The molecule has 1 heterocycles. The molecule has 40 heavy (non-hydrogen) atoms. The fourth-order valence-electron chi connectivity index (χ4n) is 3.62. The van der Waals surface area contributed by atoms with E-state index in [4.69, 9.17) is 23.4 Å². The number of phosphoric acid groups is 1. The molecule has 12 nitrogen and oxygen atoms in total. The molecule has 0 spiro atoms. The van der Waals surface area contributed by atoms with Crippen molar-refractivity contribution in [3.8, 4) is 0 Å². The monoisotopic (exact) mass is 575 g/mol. The third-order valence-electron chi connectivity index (χ3n) is 5.86. The van der Waals surface area contributed by atoms with E-state index in [9.17, 15) is 19.3 Å². The van der Waals surface area contributed by atoms with E-state index in [0.29, 0.717) is 5.71 Å². The Morgan fingerprint density at radius 3 is 2.15 bits per heavy atom. The normalized spacial score (nSPS) is 17.8. The van der Waals surface area contributed by atoms with Crippen LogP contribution in [0.25, 0.3) is 0 Å². The number of amides is 2. The number of nitrogens with zero attached hydrogens (tertiary/aromatic N) is 3. The molecule has 2 amide bonds. The minimum Gasteiger partial charge on any atom is -0.465 e. The summed E-state index contributed by atoms with van der Waals surface area (Å²) in [5.74, 6) is 0. The standard InChI is InChI=1S/C27H34N3O9P/c1-3-10-23(15-16-29(2)26(32)33)28-30-24(17-31)25(39-27(30)34)20-38-40(35,36-18-21-11-6-4-7-12-21)37-19-22-13-8-5-9-14-22/h3-14,24-25,31H,15-20H2,1-2H3,(H,32,33)/b10-3-,28-23+/t24-,25-/m0/s1. The van der Waals surface area contributed by atoms with Crippen molar-refractivity contribution in [3.05, 3.63) is 83.9 Å². The number of carbonyl (C=O) groups is 2. The van der Waals surface area contributed by atoms with E-state index in [1.807, 2.05) is 36.4 Å². The lowest BCUT2D eigenvalue weighted by Gasteiger charge is -2.22. The molecule has 2 N–H and O–H groups in total. The zero-order valence-electron chi connectivity index (χ0n) is 22.4. The number of phosphoric ester groups is 1. The molecular weight excluding hydrogens is 541 g/mol. The van der Waals surface area contributed by atoms with Gasteiger partial charge in [0.25, 0.3) is 0 Å². The van der Waals surface area contributed by atoms with Crippen LogP contribution in [0.5, 0.6) is 0 Å². The van der Waals surface area contributed by atoms with Crippen molar-refractivity contribution < 1.29 is 42.7 Å². The van der Waals surface area contributed by atoms with Crippen molar-refractivity contribution in [1.82, 2.24) is 9.91 Å². The first-order chi connectivity index (χ1) is 19.2. The van der Waals surface area contributed by atoms with Gasteiger partial charge in [-0.25, -0.2) is 14.2 Å². The number of allylic oxidation sites excluding steroid dienone is 2. The SMILES string of the molecule is C/C=C\C(CCN(C)C(=O)O)=N/N1C(=O)O[C@@H](COP(=O)(OCc2ccccc2)OCc2ccccc2)[C@@H]1CO. The predicted molar refractivity (Wildman–Crippen MR) is 147 cm³/mol. The molecule has 0 aliphatic carbocycles. The molecule has 0 radical (unpaired) electrons. The highest BCUT2D eigenvalue weighted by atomic mass is 31.2. The van der Waals surface area contributed by atoms with E-state index in [0.717, 1.165) is 21.0 Å². The summed E-state index contributed by atoms with van der Waals surface area (Å²) in [6, 6.07) is 17.2. The Morgan fingerprint density at radius 1 is 1.07 bits per heavy atom. The van der Waals surface area contributed by atoms with E-state index < -0.39 is 45.4 Å². The predicted octanol–water partition coefficient (Wildman–Crippen LogP) is 4.66. The summed E-state index contributed by atoms with van der Waals surface area (Å²) >= 11 is 0. The average Bonchev–Trinajstić information content (AvgIpc) is 3.27. The van der Waals surface area contributed by atoms with Gasteiger partial charge < -0.3 is 19.8 Å². The topological polar surface area (TPSA) is 147 Å². The van der Waals surface area contributed by atoms with Crippen LogP contribution in [0, 0.1) is 0 Å². The van der Waals surface area contributed by atoms with E-state index in [1.165, 1.54) is 7.05 Å². The van der Waals surface area contributed by atoms with Crippen molar-refractivity contribution in [3.63, 3.8) is 0 Å². The lowest BCUT2D eigenvalue weighted by Crippen LogP contribution is -2.39. The van der Waals surface area contributed by atoms with Gasteiger partial charge in [0, 0.05) is 20.0 Å². The summed E-state index contributed by atoms with van der Waals surface area (Å²) in [7, 11) is -2.73. The molecule has 1 aliphatic heterocycles. The number of carboxylic acid groups (broad SMARTS) is 1. The minimum absolute atomic E-state index is 0.0469. The molecule has 0 bridgehead atoms. The van der Waals surface area contributed by atoms with Crippen molar-refractivity contribution in [2.45, 2.75) is 38.7 Å². The van der Waals surface area contributed by atoms with E-state index in [-0.39, 0.29) is 26.2 Å². The quantitative estimate of drug-likeness (QED) is 0.229. The summed E-state index contributed by atoms with van der Waals surface area (Å²) in [5.41, 5.74) is 1.90. The second-order valence-electron chi connectivity index (χ2n) is 8.82. The Balaban J connectivity index is 1.71. The lowest BCUT2D eigenvalue weighted by molar-refractivity contribution is 0.0421. The summed E-state index contributed by atoms with van der Waals surface area (Å²) in [4.78, 5) is 24.9. The maximum Gasteiger partial charge on any atom is 0.475 e. The van der Waals surface area contributed by atoms with Gasteiger partial charge in [-0.2, -0.15) is 10.1 Å². The highest BCUT2D eigenvalue weighted by molar-refractivity contribution is 7.48. The Morgan fingerprint density at radius 2 is 1.65 bits per heavy atom. The number of cyclic esters (lactones) is 1. The van der Waals surface area contributed by atoms with Gasteiger partial charge in [-0.3, -0.25) is 13.6 Å². The molecule has 13 heteroatoms. The van der Waals surface area contributed by atoms with Crippen molar-refractivity contribution >= 4 is 25.7 Å². The average molecular weight is 576 g/mol. The molecule has 2 atom stereocenters. The van der Waals surface area contributed by atoms with Crippen LogP contribution < -0.4 is 0 Å². The van der Waals surface area contributed by atoms with Gasteiger partial charge in [-0.15, -0.1) is 0 Å². The van der Waals surface area contributed by atoms with Gasteiger partial charge in [0.15, 0.2) is 6.10 Å². The zero-order valence-corrected chi connectivity index (χ0v) is 23.3. The van der Waals surface area contributed by atoms with Crippen molar-refractivity contribution in [1.29, 1.82) is 0 Å². The first kappa shape index (κ1) is 31.0. The highest BCUT2D eigenvalue weighted by Crippen LogP contribution is 2.51. The van der Waals surface area contributed by atoms with Crippen molar-refractivity contribution in [2.24, 2.45) is 5.10 Å². The second-order valence-corrected chi connectivity index (χ2v) is 10.5. The third kappa shape index (κ3) is 9.29. The number of rotatable bonds is 15. The first-order valence-corrected chi connectivity index (χ1v) is 14.1. The van der Waals surface area contributed by atoms with Crippen LogP contribution in [0.15, 0.2) is 77.9 Å². The van der Waals surface area contributed by atoms with Crippen LogP contribution in [0.3, 0.4) is 0 Å². The van der Waals surface area contributed by atoms with Gasteiger partial charge >= 0.3 is 20.0 Å². The number of aliphatic hydroxyl groups is 1. The molecule has 0 aromatic heterocycles. The van der Waals surface area contributed by atoms with E-state index in [1.54, 1.807) is 43.3 Å². The van der Waals surface area contributed by atoms with Gasteiger partial charge in [0.05, 0.1) is 32.1 Å². The Kier molecular flexibility index (Phi) is 11.9. The molecule has 1 aliphatic rings. The van der Waals surface area contributed by atoms with E-state index >= 15 is 0 Å². The number of hydrogen-bond acceptors (Lipinski definition) is 9. The molecule has 2 aromatic carbocycles. The number of hydrazone groups is 1. The maximum absolute atomic E-state index is 13.6. The lowest BCUT2D eigenvalue weighted by atomic mass is 10.2. The summed E-state index contributed by atoms with van der Waals surface area (Å²) in [6.45, 7) is 0.870. The maximum atomic E-state index is 13.6. The largest absolute Gasteiger partial charge is 0.475 e. The van der Waals surface area contributed by atoms with Crippen molar-refractivity contribution in [2.75, 3.05) is 26.8 Å². The Labute approximate surface area is 233 Å². The summed E-state index contributed by atoms with van der Waals surface area (Å²) in [6.07, 6.45) is 0.561. The molecule has 2 aromatic rings. The van der Waals surface area contributed by atoms with Crippen LogP contribution in [0.2, 0.25) is 0 Å². The van der Waals surface area contributed by atoms with Gasteiger partial charge in [0.1, 0.15) is 6.04 Å². The molecule has 3 rings (SSSR count). The van der Waals surface area contributed by atoms with Gasteiger partial charge in [0.2, 0.25) is 0 Å². The fourth-order valence-corrected chi connectivity index (χ4v) is 4.78. The second kappa shape index (κ2) is 15.3. The summed E-state index contributed by atoms with van der Waals surface area (Å²) in [5, 5.41) is 24.4. The number of ether oxygens (including phenoxy) is 1. The third-order valence-corrected chi connectivity index (χ3v) is 7.21. The molecule has 1 saturated heterocycles. The number of hydrogen-bond donors (Lipinski definition) is 2. The molecular formula is C27H34N3O9P. The molecule has 216 valence electrons. The Bertz CT molecular complexity index is 1160. The van der Waals surface area contributed by atoms with Gasteiger partial charge in [-0.05, 0) is 24.1 Å². The van der Waals surface area contributed by atoms with Crippen LogP contribution in [-0.4, -0.2) is 77.0 Å². The van der Waals surface area contributed by atoms with Crippen LogP contribution in [0.1, 0.15) is 24.5 Å². The first-order valence-electron chi connectivity index (χ1n) is 12.6. The molecule has 0 saturated carbocycles. The van der Waals surface area contributed by atoms with Crippen LogP contribution in [-0.2, 0) is 36.1 Å². The van der Waals surface area contributed by atoms with Crippen LogP contribution >= 0.6 is 7.82 Å². The molecule has 0 unspecified atom stereocenters. The fraction of sp³-hybridized carbons (Fsp3) is 0.370. The zero-order chi connectivity index (χ0) is 29.0.